The van der Waals surface area contributed by atoms with Crippen molar-refractivity contribution in [1.82, 2.24) is 9.97 Å². The number of hydrogen-bond donors (Lipinski definition) is 9. The maximum Gasteiger partial charge on any atom is 0.259 e. The molecule has 19 heteroatoms. The van der Waals surface area contributed by atoms with E-state index >= 15 is 0 Å². The molecule has 2 unspecified atom stereocenters. The Morgan fingerprint density at radius 2 is 0.848 bits per heavy atom. The third kappa shape index (κ3) is 12.8. The largest absolute Gasteiger partial charge is 0.505 e. The number of phenolic OH excluding ortho intramolecular Hbond substituents is 3. The van der Waals surface area contributed by atoms with Gasteiger partial charge in [-0.3, -0.25) is 19.9 Å². The lowest BCUT2D eigenvalue weighted by Crippen LogP contribution is -2.23. The van der Waals surface area contributed by atoms with Crippen molar-refractivity contribution in [2.45, 2.75) is 84.3 Å². The SMILES string of the molecule is CCc1ccccc1NOCc1cc2ccc3c4ccccc4[nH]c3c2c(N=Nc2ccc(N(c3ccc(N=Nc4c(O)c(C(=O)Nc5ccccc5CC)cc5ccc6c(c45)NC4CCCCC64)cc3)c3ccc(N=Nc4c(O)c(C(=O)Nc5ccccc5CC)cc5ccc6c7ccccc7[nH]c6c45)cc3)cc2)c1O. The van der Waals surface area contributed by atoms with Crippen LogP contribution in [0.25, 0.3) is 75.9 Å². The number of aromatic nitrogens is 2. The van der Waals surface area contributed by atoms with E-state index in [2.05, 4.69) is 61.4 Å². The van der Waals surface area contributed by atoms with Crippen molar-refractivity contribution in [3.8, 4) is 17.2 Å². The quantitative estimate of drug-likeness (QED) is 0.0259. The van der Waals surface area contributed by atoms with E-state index in [1.165, 1.54) is 5.56 Å². The van der Waals surface area contributed by atoms with Gasteiger partial charge in [-0.25, -0.2) is 0 Å². The number of nitrogens with one attached hydrogen (secondary N) is 6. The zero-order chi connectivity index (χ0) is 76.1. The molecule has 16 aromatic rings. The highest BCUT2D eigenvalue weighted by Gasteiger charge is 2.37. The molecular weight excluding hydrogens is 1400 g/mol. The highest BCUT2D eigenvalue weighted by Crippen LogP contribution is 2.53. The van der Waals surface area contributed by atoms with Crippen molar-refractivity contribution < 1.29 is 29.7 Å². The van der Waals surface area contributed by atoms with E-state index in [0.717, 1.165) is 132 Å². The average molecular weight is 1470 g/mol. The van der Waals surface area contributed by atoms with Gasteiger partial charge in [0.15, 0.2) is 11.5 Å². The van der Waals surface area contributed by atoms with Crippen LogP contribution in [0.3, 0.4) is 0 Å². The van der Waals surface area contributed by atoms with Gasteiger partial charge in [-0.05, 0) is 192 Å². The molecule has 14 aromatic carbocycles. The Labute approximate surface area is 644 Å². The fraction of sp³-hybridized carbons (Fsp3) is 0.140. The molecule has 112 heavy (non-hydrogen) atoms. The number of rotatable bonds is 20. The van der Waals surface area contributed by atoms with Gasteiger partial charge in [0, 0.05) is 100 Å². The summed E-state index contributed by atoms with van der Waals surface area (Å²) in [6.45, 7) is 6.17. The van der Waals surface area contributed by atoms with Crippen LogP contribution in [0.5, 0.6) is 17.2 Å². The van der Waals surface area contributed by atoms with Gasteiger partial charge in [0.25, 0.3) is 11.8 Å². The minimum atomic E-state index is -0.495. The fourth-order valence-corrected chi connectivity index (χ4v) is 16.3. The van der Waals surface area contributed by atoms with Crippen LogP contribution in [0.15, 0.2) is 279 Å². The van der Waals surface area contributed by atoms with E-state index in [4.69, 9.17) is 35.5 Å². The van der Waals surface area contributed by atoms with Gasteiger partial charge in [-0.1, -0.05) is 161 Å². The van der Waals surface area contributed by atoms with Gasteiger partial charge in [0.05, 0.1) is 44.9 Å². The molecule has 1 fully saturated rings. The molecule has 1 aliphatic heterocycles. The Morgan fingerprint density at radius 3 is 1.36 bits per heavy atom. The van der Waals surface area contributed by atoms with E-state index < -0.39 is 11.8 Å². The molecule has 0 radical (unpaired) electrons. The van der Waals surface area contributed by atoms with Crippen LogP contribution in [0.1, 0.15) is 101 Å². The summed E-state index contributed by atoms with van der Waals surface area (Å²) in [5.74, 6) is -1.32. The first-order valence-corrected chi connectivity index (χ1v) is 38.0. The average Bonchev–Trinajstić information content (AvgIpc) is 1.51. The summed E-state index contributed by atoms with van der Waals surface area (Å²) in [5.41, 5.74) is 18.6. The number of para-hydroxylation sites is 5. The number of aryl methyl sites for hydroxylation is 3. The van der Waals surface area contributed by atoms with Crippen LogP contribution in [0.2, 0.25) is 0 Å². The molecule has 1 saturated carbocycles. The highest BCUT2D eigenvalue weighted by atomic mass is 16.6. The number of amides is 2. The number of azo groups is 3. The third-order valence-corrected chi connectivity index (χ3v) is 22.0. The summed E-state index contributed by atoms with van der Waals surface area (Å²) in [6, 6.07) is 79.8. The summed E-state index contributed by atoms with van der Waals surface area (Å²) >= 11 is 0. The molecule has 2 atom stereocenters. The van der Waals surface area contributed by atoms with Gasteiger partial charge in [-0.2, -0.15) is 15.3 Å². The van der Waals surface area contributed by atoms with Gasteiger partial charge in [0.2, 0.25) is 0 Å². The van der Waals surface area contributed by atoms with Crippen LogP contribution < -0.4 is 26.3 Å². The lowest BCUT2D eigenvalue weighted by atomic mass is 9.82. The molecule has 2 aliphatic rings. The molecule has 1 aliphatic carbocycles. The second kappa shape index (κ2) is 29.5. The fourth-order valence-electron chi connectivity index (χ4n) is 16.3. The van der Waals surface area contributed by atoms with E-state index in [-0.39, 0.29) is 58.1 Å². The summed E-state index contributed by atoms with van der Waals surface area (Å²) in [5, 5.41) is 84.3. The number of hydrogen-bond acceptors (Lipinski definition) is 15. The van der Waals surface area contributed by atoms with Crippen molar-refractivity contribution >= 4 is 162 Å². The Kier molecular flexibility index (Phi) is 18.4. The summed E-state index contributed by atoms with van der Waals surface area (Å²) in [4.78, 5) is 44.1. The van der Waals surface area contributed by atoms with Crippen molar-refractivity contribution in [1.29, 1.82) is 0 Å². The maximum atomic E-state index is 14.4. The van der Waals surface area contributed by atoms with Crippen molar-refractivity contribution in [2.75, 3.05) is 26.3 Å². The van der Waals surface area contributed by atoms with Crippen LogP contribution in [0.4, 0.5) is 73.9 Å². The molecular formula is C93H77N13O6. The molecule has 0 spiro atoms. The number of benzene rings is 14. The topological polar surface area (TPSA) is 261 Å². The number of phenols is 3. The molecule has 0 bridgehead atoms. The number of aromatic amines is 2. The molecule has 18 rings (SSSR count). The number of fused-ring (bicyclic) bond motifs is 15. The number of aromatic hydroxyl groups is 3. The monoisotopic (exact) mass is 1470 g/mol. The predicted octanol–water partition coefficient (Wildman–Crippen LogP) is 25.4. The predicted molar refractivity (Wildman–Crippen MR) is 450 cm³/mol. The summed E-state index contributed by atoms with van der Waals surface area (Å²) in [6.07, 6.45) is 6.54. The van der Waals surface area contributed by atoms with Crippen molar-refractivity contribution in [3.63, 3.8) is 0 Å². The number of anilines is 7. The molecule has 9 N–H and O–H groups in total. The number of carbonyl (C=O) groups excluding carboxylic acids is 2. The lowest BCUT2D eigenvalue weighted by Gasteiger charge is -2.25. The molecule has 550 valence electrons. The summed E-state index contributed by atoms with van der Waals surface area (Å²) in [7, 11) is 0. The van der Waals surface area contributed by atoms with Gasteiger partial charge < -0.3 is 46.1 Å². The first kappa shape index (κ1) is 69.7. The normalized spacial score (nSPS) is 14.2. The first-order valence-electron chi connectivity index (χ1n) is 38.0. The Bertz CT molecular complexity index is 6530. The molecule has 2 aromatic heterocycles. The van der Waals surface area contributed by atoms with E-state index in [1.807, 2.05) is 232 Å². The molecule has 2 amide bonds. The van der Waals surface area contributed by atoms with E-state index in [0.29, 0.717) is 74.3 Å². The minimum absolute atomic E-state index is 0.0224. The minimum Gasteiger partial charge on any atom is -0.505 e. The second-order valence-electron chi connectivity index (χ2n) is 28.6. The number of nitrogens with zero attached hydrogens (tertiary/aromatic N) is 7. The van der Waals surface area contributed by atoms with Gasteiger partial charge >= 0.3 is 0 Å². The van der Waals surface area contributed by atoms with Crippen LogP contribution in [0, 0.1) is 0 Å². The second-order valence-corrected chi connectivity index (χ2v) is 28.6. The highest BCUT2D eigenvalue weighted by molar-refractivity contribution is 6.24. The zero-order valence-electron chi connectivity index (χ0n) is 61.7. The number of carbonyl (C=O) groups is 2. The standard InChI is InChI=1S/C93H77N13O6/c1-4-53-19-7-13-25-74(53)97-92(110)72-50-57-32-47-70-67-23-11-17-29-78(67)95-84(70)81(57)87(90(72)108)103-100-61-36-42-64(43-37-61)106(63-40-34-60(35-41-63)99-102-86-80-56(31-46-69-66-22-10-16-28-77(66)94-83(69)80)49-59(89(86)107)52-112-105-76-27-15-9-21-55(76)6-3)65-44-38-62(39-45-65)101-104-88-82-58(33-48-71-68-24-12-18-30-79(68)96-85(71)82)51-73(91(88)109)93(111)98-75-26-14-8-20-54(75)5-2/h7-11,13-17,19-23,25-29,31-51,68,79,94-96,105,107-109H,4-6,12,18,24,30,52H2,1-3H3,(H,97,110)(H,98,111). The van der Waals surface area contributed by atoms with Crippen molar-refractivity contribution in [2.24, 2.45) is 30.7 Å². The third-order valence-electron chi connectivity index (χ3n) is 22.0. The van der Waals surface area contributed by atoms with Gasteiger partial charge in [0.1, 0.15) is 29.4 Å². The molecule has 3 heterocycles. The van der Waals surface area contributed by atoms with Crippen molar-refractivity contribution in [3.05, 3.63) is 288 Å². The lowest BCUT2D eigenvalue weighted by molar-refractivity contribution is 0.101. The smallest absolute Gasteiger partial charge is 0.259 e. The number of H-pyrrole nitrogens is 2. The zero-order valence-corrected chi connectivity index (χ0v) is 61.7. The van der Waals surface area contributed by atoms with Gasteiger partial charge in [-0.15, -0.1) is 15.3 Å². The van der Waals surface area contributed by atoms with Crippen LogP contribution in [-0.4, -0.2) is 43.1 Å². The van der Waals surface area contributed by atoms with E-state index in [9.17, 15) is 24.9 Å². The Hall–Kier alpha value is -14.0. The van der Waals surface area contributed by atoms with E-state index in [1.54, 1.807) is 12.1 Å². The van der Waals surface area contributed by atoms with Crippen LogP contribution >= 0.6 is 0 Å². The molecule has 0 saturated heterocycles. The molecule has 19 nitrogen and oxygen atoms in total. The van der Waals surface area contributed by atoms with Crippen LogP contribution in [-0.2, 0) is 30.7 Å². The Morgan fingerprint density at radius 1 is 0.429 bits per heavy atom. The Balaban J connectivity index is 0.717. The summed E-state index contributed by atoms with van der Waals surface area (Å²) < 4.78 is 0. The maximum absolute atomic E-state index is 14.4. The first-order chi connectivity index (χ1) is 54.9.